The fourth-order valence-electron chi connectivity index (χ4n) is 3.98. The van der Waals surface area contributed by atoms with Crippen molar-refractivity contribution in [3.05, 3.63) is 33.2 Å². The zero-order valence-electron chi connectivity index (χ0n) is 15.7. The molecular weight excluding hydrogens is 332 g/mol. The number of hydrogen-bond acceptors (Lipinski definition) is 5. The van der Waals surface area contributed by atoms with Gasteiger partial charge >= 0.3 is 5.63 Å². The number of carbonyl (C=O) groups is 1. The molecule has 0 bridgehead atoms. The van der Waals surface area contributed by atoms with Gasteiger partial charge in [-0.3, -0.25) is 4.79 Å². The number of Topliss-reactive ketones (excluding diaryl/α,β-unsaturated/α-hetero) is 1. The standard InChI is InChI=1S/C21H24O5/c1-10(2)24-15-9-16-18(19(22)11(3)12(4)25-16)20-17(15)13-7-5-6-8-14(13)21(23)26-20/h9-12H,5-8H2,1-4H3. The first kappa shape index (κ1) is 17.1. The van der Waals surface area contributed by atoms with Gasteiger partial charge in [0.15, 0.2) is 11.4 Å². The van der Waals surface area contributed by atoms with Gasteiger partial charge in [-0.25, -0.2) is 4.79 Å². The van der Waals surface area contributed by atoms with E-state index in [1.165, 1.54) is 0 Å². The highest BCUT2D eigenvalue weighted by molar-refractivity contribution is 6.12. The van der Waals surface area contributed by atoms with Crippen molar-refractivity contribution in [2.75, 3.05) is 0 Å². The van der Waals surface area contributed by atoms with Crippen molar-refractivity contribution in [2.24, 2.45) is 5.92 Å². The van der Waals surface area contributed by atoms with Crippen LogP contribution in [0.25, 0.3) is 11.0 Å². The zero-order valence-corrected chi connectivity index (χ0v) is 15.7. The molecule has 2 atom stereocenters. The number of carbonyl (C=O) groups excluding carboxylic acids is 1. The predicted molar refractivity (Wildman–Crippen MR) is 98.5 cm³/mol. The van der Waals surface area contributed by atoms with E-state index in [9.17, 15) is 9.59 Å². The quantitative estimate of drug-likeness (QED) is 0.759. The zero-order chi connectivity index (χ0) is 18.6. The molecule has 2 heterocycles. The van der Waals surface area contributed by atoms with Crippen LogP contribution in [-0.2, 0) is 12.8 Å². The summed E-state index contributed by atoms with van der Waals surface area (Å²) in [6.45, 7) is 7.62. The van der Waals surface area contributed by atoms with E-state index in [1.807, 2.05) is 27.7 Å². The molecule has 0 saturated carbocycles. The van der Waals surface area contributed by atoms with Gasteiger partial charge in [-0.2, -0.15) is 0 Å². The number of ketones is 1. The number of benzene rings is 1. The van der Waals surface area contributed by atoms with Crippen molar-refractivity contribution in [3.63, 3.8) is 0 Å². The summed E-state index contributed by atoms with van der Waals surface area (Å²) in [6, 6.07) is 1.80. The third-order valence-electron chi connectivity index (χ3n) is 5.46. The van der Waals surface area contributed by atoms with Crippen molar-refractivity contribution < 1.29 is 18.7 Å². The molecule has 0 fully saturated rings. The second-order valence-electron chi connectivity index (χ2n) is 7.65. The lowest BCUT2D eigenvalue weighted by Gasteiger charge is -2.30. The summed E-state index contributed by atoms with van der Waals surface area (Å²) in [6.07, 6.45) is 3.23. The van der Waals surface area contributed by atoms with E-state index < -0.39 is 0 Å². The highest BCUT2D eigenvalue weighted by Crippen LogP contribution is 2.43. The van der Waals surface area contributed by atoms with E-state index in [0.717, 1.165) is 35.8 Å². The van der Waals surface area contributed by atoms with Crippen molar-refractivity contribution in [1.29, 1.82) is 0 Å². The number of fused-ring (bicyclic) bond motifs is 5. The molecule has 1 aliphatic heterocycles. The van der Waals surface area contributed by atoms with E-state index in [4.69, 9.17) is 13.9 Å². The highest BCUT2D eigenvalue weighted by Gasteiger charge is 2.36. The van der Waals surface area contributed by atoms with Crippen LogP contribution in [0, 0.1) is 5.92 Å². The number of rotatable bonds is 2. The SMILES string of the molecule is CC(C)Oc1cc2c(c3oc(=O)c4c(c13)CCCC4)C(=O)C(C)C(C)O2. The minimum atomic E-state index is -0.338. The Kier molecular flexibility index (Phi) is 4.05. The van der Waals surface area contributed by atoms with Crippen LogP contribution in [0.15, 0.2) is 15.3 Å². The Morgan fingerprint density at radius 3 is 2.50 bits per heavy atom. The third kappa shape index (κ3) is 2.52. The lowest BCUT2D eigenvalue weighted by molar-refractivity contribution is 0.0730. The van der Waals surface area contributed by atoms with Gasteiger partial charge < -0.3 is 13.9 Å². The molecule has 26 heavy (non-hydrogen) atoms. The van der Waals surface area contributed by atoms with E-state index in [-0.39, 0.29) is 29.5 Å². The van der Waals surface area contributed by atoms with E-state index in [2.05, 4.69) is 0 Å². The highest BCUT2D eigenvalue weighted by atomic mass is 16.5. The molecule has 0 amide bonds. The first-order chi connectivity index (χ1) is 12.4. The molecule has 1 aliphatic carbocycles. The molecule has 2 unspecified atom stereocenters. The van der Waals surface area contributed by atoms with Gasteiger partial charge in [0.05, 0.1) is 17.4 Å². The Labute approximate surface area is 152 Å². The summed E-state index contributed by atoms with van der Waals surface area (Å²) in [7, 11) is 0. The fourth-order valence-corrected chi connectivity index (χ4v) is 3.98. The monoisotopic (exact) mass is 356 g/mol. The van der Waals surface area contributed by atoms with E-state index in [0.29, 0.717) is 29.1 Å². The number of hydrogen-bond donors (Lipinski definition) is 0. The van der Waals surface area contributed by atoms with Crippen LogP contribution in [0.5, 0.6) is 11.5 Å². The van der Waals surface area contributed by atoms with Crippen LogP contribution in [0.2, 0.25) is 0 Å². The molecule has 0 saturated heterocycles. The maximum Gasteiger partial charge on any atom is 0.339 e. The molecule has 0 radical (unpaired) electrons. The minimum Gasteiger partial charge on any atom is -0.490 e. The number of ether oxygens (including phenoxy) is 2. The van der Waals surface area contributed by atoms with Crippen molar-refractivity contribution >= 4 is 16.8 Å². The smallest absolute Gasteiger partial charge is 0.339 e. The van der Waals surface area contributed by atoms with E-state index in [1.54, 1.807) is 6.07 Å². The summed E-state index contributed by atoms with van der Waals surface area (Å²) in [5.41, 5.74) is 2.07. The van der Waals surface area contributed by atoms with Crippen molar-refractivity contribution in [2.45, 2.75) is 65.6 Å². The number of aryl methyl sites for hydroxylation is 1. The maximum absolute atomic E-state index is 13.0. The summed E-state index contributed by atoms with van der Waals surface area (Å²) >= 11 is 0. The second-order valence-corrected chi connectivity index (χ2v) is 7.65. The Hall–Kier alpha value is -2.30. The van der Waals surface area contributed by atoms with Crippen molar-refractivity contribution in [3.8, 4) is 11.5 Å². The normalized spacial score (nSPS) is 22.1. The van der Waals surface area contributed by atoms with Gasteiger partial charge in [0.25, 0.3) is 0 Å². The molecule has 4 rings (SSSR count). The van der Waals surface area contributed by atoms with Crippen LogP contribution < -0.4 is 15.1 Å². The summed E-state index contributed by atoms with van der Waals surface area (Å²) in [5.74, 6) is 0.746. The van der Waals surface area contributed by atoms with Gasteiger partial charge in [0.2, 0.25) is 0 Å². The Morgan fingerprint density at radius 1 is 1.12 bits per heavy atom. The van der Waals surface area contributed by atoms with Gasteiger partial charge in [-0.15, -0.1) is 0 Å². The topological polar surface area (TPSA) is 65.7 Å². The molecule has 5 heteroatoms. The summed E-state index contributed by atoms with van der Waals surface area (Å²) in [5, 5.41) is 0.769. The lowest BCUT2D eigenvalue weighted by Crippen LogP contribution is -2.34. The molecule has 0 N–H and O–H groups in total. The van der Waals surface area contributed by atoms with Crippen LogP contribution in [0.4, 0.5) is 0 Å². The first-order valence-corrected chi connectivity index (χ1v) is 9.41. The summed E-state index contributed by atoms with van der Waals surface area (Å²) in [4.78, 5) is 25.6. The molecule has 5 nitrogen and oxygen atoms in total. The largest absolute Gasteiger partial charge is 0.490 e. The Bertz CT molecular complexity index is 953. The fraction of sp³-hybridized carbons (Fsp3) is 0.524. The van der Waals surface area contributed by atoms with E-state index >= 15 is 0 Å². The molecule has 2 aliphatic rings. The second kappa shape index (κ2) is 6.15. The predicted octanol–water partition coefficient (Wildman–Crippen LogP) is 4.06. The molecule has 1 aromatic carbocycles. The molecule has 1 aromatic heterocycles. The van der Waals surface area contributed by atoms with Gasteiger partial charge in [0, 0.05) is 11.6 Å². The molecular formula is C21H24O5. The molecule has 2 aromatic rings. The maximum atomic E-state index is 13.0. The van der Waals surface area contributed by atoms with Crippen LogP contribution in [0.1, 0.15) is 62.0 Å². The minimum absolute atomic E-state index is 0.0428. The summed E-state index contributed by atoms with van der Waals surface area (Å²) < 4.78 is 17.7. The molecule has 0 spiro atoms. The van der Waals surface area contributed by atoms with Crippen molar-refractivity contribution in [1.82, 2.24) is 0 Å². The molecule has 138 valence electrons. The Balaban J connectivity index is 2.11. The lowest BCUT2D eigenvalue weighted by atomic mass is 9.86. The van der Waals surface area contributed by atoms with Crippen LogP contribution in [0.3, 0.4) is 0 Å². The Morgan fingerprint density at radius 2 is 1.81 bits per heavy atom. The van der Waals surface area contributed by atoms with Gasteiger partial charge in [-0.1, -0.05) is 6.92 Å². The third-order valence-corrected chi connectivity index (χ3v) is 5.46. The average molecular weight is 356 g/mol. The van der Waals surface area contributed by atoms with Crippen LogP contribution >= 0.6 is 0 Å². The first-order valence-electron chi connectivity index (χ1n) is 9.41. The van der Waals surface area contributed by atoms with Gasteiger partial charge in [0.1, 0.15) is 23.2 Å². The van der Waals surface area contributed by atoms with Crippen LogP contribution in [-0.4, -0.2) is 18.0 Å². The average Bonchev–Trinajstić information content (AvgIpc) is 2.59. The van der Waals surface area contributed by atoms with Gasteiger partial charge in [-0.05, 0) is 52.0 Å².